The number of aliphatic hydroxyl groups excluding tert-OH is 1. The summed E-state index contributed by atoms with van der Waals surface area (Å²) >= 11 is 0. The Hall–Kier alpha value is -1.47. The van der Waals surface area contributed by atoms with Crippen molar-refractivity contribution in [3.63, 3.8) is 0 Å². The normalized spacial score (nSPS) is 36.1. The third-order valence-electron chi connectivity index (χ3n) is 4.95. The van der Waals surface area contributed by atoms with Crippen LogP contribution in [0.3, 0.4) is 0 Å². The van der Waals surface area contributed by atoms with Gasteiger partial charge in [-0.25, -0.2) is 4.98 Å². The molecule has 7 heteroatoms. The van der Waals surface area contributed by atoms with E-state index in [-0.39, 0.29) is 23.2 Å². The molecule has 1 amide bonds. The van der Waals surface area contributed by atoms with E-state index in [4.69, 9.17) is 0 Å². The number of rotatable bonds is 3. The lowest BCUT2D eigenvalue weighted by Crippen LogP contribution is -2.64. The Balaban J connectivity index is 1.68. The molecule has 0 bridgehead atoms. The van der Waals surface area contributed by atoms with Crippen LogP contribution in [0, 0.1) is 11.3 Å². The maximum absolute atomic E-state index is 12.0. The molecule has 2 unspecified atom stereocenters. The topological polar surface area (TPSA) is 94.1 Å². The van der Waals surface area contributed by atoms with E-state index in [0.29, 0.717) is 12.0 Å². The Kier molecular flexibility index (Phi) is 3.49. The predicted octanol–water partition coefficient (Wildman–Crippen LogP) is 0.0142. The number of hydrogen-bond acceptors (Lipinski definition) is 5. The minimum atomic E-state index is -0.494. The summed E-state index contributed by atoms with van der Waals surface area (Å²) in [5, 5.41) is 19.4. The Bertz CT molecular complexity index is 513. The van der Waals surface area contributed by atoms with Gasteiger partial charge in [0.1, 0.15) is 6.33 Å². The van der Waals surface area contributed by atoms with Crippen LogP contribution in [0.4, 0.5) is 0 Å². The summed E-state index contributed by atoms with van der Waals surface area (Å²) in [6, 6.07) is 0.261. The molecule has 1 aliphatic heterocycles. The standard InChI is InChI=1S/C14H23N5O2/c1-8(2)11-14(6-19(11)3)4-9(10(20)5-14)17-13(21)12-15-7-16-18-12/h7-11,20H,4-6H2,1-3H3,(H,17,21)(H,15,16,18)/t9-,10-,11?,14?/m1/s1. The third kappa shape index (κ3) is 2.34. The second kappa shape index (κ2) is 5.06. The summed E-state index contributed by atoms with van der Waals surface area (Å²) in [4.78, 5) is 18.2. The van der Waals surface area contributed by atoms with Crippen LogP contribution in [-0.4, -0.2) is 62.9 Å². The maximum Gasteiger partial charge on any atom is 0.288 e. The fraction of sp³-hybridized carbons (Fsp3) is 0.786. The van der Waals surface area contributed by atoms with Gasteiger partial charge >= 0.3 is 0 Å². The van der Waals surface area contributed by atoms with Gasteiger partial charge in [-0.2, -0.15) is 5.10 Å². The summed E-state index contributed by atoms with van der Waals surface area (Å²) in [7, 11) is 2.13. The third-order valence-corrected chi connectivity index (χ3v) is 4.95. The van der Waals surface area contributed by atoms with Gasteiger partial charge < -0.3 is 15.3 Å². The summed E-state index contributed by atoms with van der Waals surface area (Å²) in [6.07, 6.45) is 2.38. The van der Waals surface area contributed by atoms with Crippen molar-refractivity contribution in [2.75, 3.05) is 13.6 Å². The van der Waals surface area contributed by atoms with Gasteiger partial charge in [0.25, 0.3) is 5.91 Å². The van der Waals surface area contributed by atoms with E-state index in [0.717, 1.165) is 19.4 Å². The van der Waals surface area contributed by atoms with E-state index >= 15 is 0 Å². The molecule has 1 aromatic heterocycles. The lowest BCUT2D eigenvalue weighted by molar-refractivity contribution is -0.0827. The average molecular weight is 293 g/mol. The monoisotopic (exact) mass is 293 g/mol. The molecule has 116 valence electrons. The van der Waals surface area contributed by atoms with Crippen molar-refractivity contribution in [3.8, 4) is 0 Å². The second-order valence-electron chi connectivity index (χ2n) is 6.86. The van der Waals surface area contributed by atoms with Crippen LogP contribution < -0.4 is 5.32 Å². The lowest BCUT2D eigenvalue weighted by Gasteiger charge is -2.57. The zero-order chi connectivity index (χ0) is 15.2. The molecule has 1 aliphatic carbocycles. The smallest absolute Gasteiger partial charge is 0.288 e. The molecule has 4 atom stereocenters. The minimum Gasteiger partial charge on any atom is -0.391 e. The maximum atomic E-state index is 12.0. The number of aromatic nitrogens is 3. The van der Waals surface area contributed by atoms with E-state index in [1.165, 1.54) is 6.33 Å². The molecule has 7 nitrogen and oxygen atoms in total. The highest BCUT2D eigenvalue weighted by Crippen LogP contribution is 2.52. The van der Waals surface area contributed by atoms with Gasteiger partial charge in [0.15, 0.2) is 0 Å². The van der Waals surface area contributed by atoms with Gasteiger partial charge in [-0.3, -0.25) is 9.89 Å². The number of likely N-dealkylation sites (tertiary alicyclic amines) is 1. The number of aromatic amines is 1. The summed E-state index contributed by atoms with van der Waals surface area (Å²) in [5.41, 5.74) is 0.127. The van der Waals surface area contributed by atoms with Crippen molar-refractivity contribution in [1.82, 2.24) is 25.4 Å². The van der Waals surface area contributed by atoms with Gasteiger partial charge in [-0.15, -0.1) is 0 Å². The Morgan fingerprint density at radius 2 is 2.33 bits per heavy atom. The minimum absolute atomic E-state index is 0.127. The zero-order valence-corrected chi connectivity index (χ0v) is 12.7. The van der Waals surface area contributed by atoms with E-state index in [2.05, 4.69) is 46.3 Å². The quantitative estimate of drug-likeness (QED) is 0.730. The first-order valence-corrected chi connectivity index (χ1v) is 7.47. The number of nitrogens with one attached hydrogen (secondary N) is 2. The molecule has 3 rings (SSSR count). The molecule has 1 aromatic rings. The number of hydrogen-bond donors (Lipinski definition) is 3. The second-order valence-corrected chi connectivity index (χ2v) is 6.86. The highest BCUT2D eigenvalue weighted by molar-refractivity contribution is 5.90. The number of amides is 1. The molecule has 3 N–H and O–H groups in total. The van der Waals surface area contributed by atoms with Crippen LogP contribution in [-0.2, 0) is 0 Å². The molecule has 2 fully saturated rings. The number of carbonyl (C=O) groups is 1. The lowest BCUT2D eigenvalue weighted by atomic mass is 9.66. The van der Waals surface area contributed by atoms with E-state index in [9.17, 15) is 9.90 Å². The fourth-order valence-electron chi connectivity index (χ4n) is 4.55. The number of nitrogens with zero attached hydrogens (tertiary/aromatic N) is 3. The van der Waals surface area contributed by atoms with Crippen LogP contribution >= 0.6 is 0 Å². The summed E-state index contributed by atoms with van der Waals surface area (Å²) in [5.74, 6) is 0.427. The van der Waals surface area contributed by atoms with Gasteiger partial charge in [0.05, 0.1) is 12.1 Å². The summed E-state index contributed by atoms with van der Waals surface area (Å²) in [6.45, 7) is 5.42. The fourth-order valence-corrected chi connectivity index (χ4v) is 4.55. The Morgan fingerprint density at radius 1 is 1.57 bits per heavy atom. The molecule has 1 saturated heterocycles. The van der Waals surface area contributed by atoms with E-state index in [1.54, 1.807) is 0 Å². The molecule has 21 heavy (non-hydrogen) atoms. The molecular weight excluding hydrogens is 270 g/mol. The molecule has 0 aromatic carbocycles. The van der Waals surface area contributed by atoms with Crippen LogP contribution in [0.15, 0.2) is 6.33 Å². The largest absolute Gasteiger partial charge is 0.391 e. The average Bonchev–Trinajstić information content (AvgIpc) is 2.98. The zero-order valence-electron chi connectivity index (χ0n) is 12.7. The van der Waals surface area contributed by atoms with Crippen molar-refractivity contribution >= 4 is 5.91 Å². The van der Waals surface area contributed by atoms with Crippen molar-refractivity contribution in [2.45, 2.75) is 44.9 Å². The number of carbonyl (C=O) groups excluding carboxylic acids is 1. The Morgan fingerprint density at radius 3 is 2.90 bits per heavy atom. The summed E-state index contributed by atoms with van der Waals surface area (Å²) < 4.78 is 0. The van der Waals surface area contributed by atoms with Gasteiger partial charge in [0.2, 0.25) is 5.82 Å². The molecule has 0 radical (unpaired) electrons. The van der Waals surface area contributed by atoms with Crippen LogP contribution in [0.25, 0.3) is 0 Å². The molecule has 1 saturated carbocycles. The Labute approximate surface area is 124 Å². The van der Waals surface area contributed by atoms with Crippen LogP contribution in [0.2, 0.25) is 0 Å². The van der Waals surface area contributed by atoms with Crippen molar-refractivity contribution in [1.29, 1.82) is 0 Å². The van der Waals surface area contributed by atoms with Crippen molar-refractivity contribution < 1.29 is 9.90 Å². The first kappa shape index (κ1) is 14.5. The van der Waals surface area contributed by atoms with E-state index < -0.39 is 6.10 Å². The molecule has 2 aliphatic rings. The first-order chi connectivity index (χ1) is 9.93. The van der Waals surface area contributed by atoms with Crippen molar-refractivity contribution in [2.24, 2.45) is 11.3 Å². The predicted molar refractivity (Wildman–Crippen MR) is 76.6 cm³/mol. The highest BCUT2D eigenvalue weighted by atomic mass is 16.3. The number of H-pyrrole nitrogens is 1. The van der Waals surface area contributed by atoms with Gasteiger partial charge in [-0.05, 0) is 25.8 Å². The molecular formula is C14H23N5O2. The van der Waals surface area contributed by atoms with Crippen LogP contribution in [0.5, 0.6) is 0 Å². The first-order valence-electron chi connectivity index (χ1n) is 7.47. The SMILES string of the molecule is CC(C)C1N(C)CC12C[C@@H](O)[C@H](NC(=O)c1ncn[nH]1)C2. The van der Waals surface area contributed by atoms with E-state index in [1.807, 2.05) is 0 Å². The van der Waals surface area contributed by atoms with Crippen LogP contribution in [0.1, 0.15) is 37.3 Å². The molecule has 1 spiro atoms. The van der Waals surface area contributed by atoms with Gasteiger partial charge in [0, 0.05) is 18.0 Å². The van der Waals surface area contributed by atoms with Crippen molar-refractivity contribution in [3.05, 3.63) is 12.2 Å². The highest BCUT2D eigenvalue weighted by Gasteiger charge is 2.58. The van der Waals surface area contributed by atoms with Gasteiger partial charge in [-0.1, -0.05) is 13.8 Å². The molecule has 2 heterocycles. The number of aliphatic hydroxyl groups is 1.